The Morgan fingerprint density at radius 1 is 1.24 bits per heavy atom. The molecule has 108 valence electrons. The van der Waals surface area contributed by atoms with Crippen molar-refractivity contribution < 1.29 is 4.79 Å². The van der Waals surface area contributed by atoms with Crippen LogP contribution in [0.2, 0.25) is 0 Å². The highest BCUT2D eigenvalue weighted by atomic mass is 79.9. The lowest BCUT2D eigenvalue weighted by atomic mass is 10.2. The summed E-state index contributed by atoms with van der Waals surface area (Å²) in [5, 5.41) is 6.24. The SMILES string of the molecule is Cc1cc(Nc2cncc(C(=O)NC3CC3)c2)ccc1Br. The van der Waals surface area contributed by atoms with Gasteiger partial charge in [-0.15, -0.1) is 0 Å². The van der Waals surface area contributed by atoms with Gasteiger partial charge in [0.15, 0.2) is 0 Å². The number of nitrogens with one attached hydrogen (secondary N) is 2. The van der Waals surface area contributed by atoms with Crippen LogP contribution >= 0.6 is 15.9 Å². The highest BCUT2D eigenvalue weighted by Crippen LogP contribution is 2.23. The fourth-order valence-corrected chi connectivity index (χ4v) is 2.26. The number of carbonyl (C=O) groups excluding carboxylic acids is 1. The first-order valence-corrected chi connectivity index (χ1v) is 7.70. The van der Waals surface area contributed by atoms with E-state index in [2.05, 4.69) is 31.5 Å². The first kappa shape index (κ1) is 14.1. The maximum absolute atomic E-state index is 12.0. The van der Waals surface area contributed by atoms with E-state index in [1.54, 1.807) is 12.4 Å². The van der Waals surface area contributed by atoms with E-state index in [4.69, 9.17) is 0 Å². The molecule has 1 aromatic heterocycles. The van der Waals surface area contributed by atoms with E-state index in [9.17, 15) is 4.79 Å². The first-order chi connectivity index (χ1) is 10.1. The number of aromatic nitrogens is 1. The van der Waals surface area contributed by atoms with E-state index in [1.807, 2.05) is 31.2 Å². The summed E-state index contributed by atoms with van der Waals surface area (Å²) in [5.74, 6) is -0.0550. The number of rotatable bonds is 4. The predicted octanol–water partition coefficient (Wildman–Crippen LogP) is 3.79. The number of benzene rings is 1. The summed E-state index contributed by atoms with van der Waals surface area (Å²) in [4.78, 5) is 16.2. The Labute approximate surface area is 132 Å². The number of nitrogens with zero attached hydrogens (tertiary/aromatic N) is 1. The average molecular weight is 346 g/mol. The molecule has 1 heterocycles. The van der Waals surface area contributed by atoms with E-state index in [0.717, 1.165) is 34.3 Å². The van der Waals surface area contributed by atoms with Gasteiger partial charge in [-0.1, -0.05) is 15.9 Å². The molecule has 0 aliphatic heterocycles. The summed E-state index contributed by atoms with van der Waals surface area (Å²) >= 11 is 3.48. The lowest BCUT2D eigenvalue weighted by Crippen LogP contribution is -2.25. The molecule has 1 saturated carbocycles. The van der Waals surface area contributed by atoms with Gasteiger partial charge in [0.1, 0.15) is 0 Å². The van der Waals surface area contributed by atoms with Gasteiger partial charge in [-0.3, -0.25) is 9.78 Å². The van der Waals surface area contributed by atoms with Crippen molar-refractivity contribution in [1.29, 1.82) is 0 Å². The van der Waals surface area contributed by atoms with Gasteiger partial charge in [-0.05, 0) is 49.6 Å². The highest BCUT2D eigenvalue weighted by Gasteiger charge is 2.23. The van der Waals surface area contributed by atoms with E-state index in [-0.39, 0.29) is 5.91 Å². The van der Waals surface area contributed by atoms with Crippen molar-refractivity contribution in [3.8, 4) is 0 Å². The number of hydrogen-bond acceptors (Lipinski definition) is 3. The fourth-order valence-electron chi connectivity index (χ4n) is 2.02. The van der Waals surface area contributed by atoms with Gasteiger partial charge >= 0.3 is 0 Å². The Bertz CT molecular complexity index is 683. The molecule has 2 N–H and O–H groups in total. The summed E-state index contributed by atoms with van der Waals surface area (Å²) < 4.78 is 1.07. The summed E-state index contributed by atoms with van der Waals surface area (Å²) in [5.41, 5.74) is 3.51. The number of hydrogen-bond donors (Lipinski definition) is 2. The maximum atomic E-state index is 12.0. The van der Waals surface area contributed by atoms with Crippen molar-refractivity contribution in [2.24, 2.45) is 0 Å². The Kier molecular flexibility index (Phi) is 3.92. The molecule has 5 heteroatoms. The third-order valence-electron chi connectivity index (χ3n) is 3.36. The predicted molar refractivity (Wildman–Crippen MR) is 86.9 cm³/mol. The third kappa shape index (κ3) is 3.61. The van der Waals surface area contributed by atoms with Crippen molar-refractivity contribution in [3.63, 3.8) is 0 Å². The van der Waals surface area contributed by atoms with E-state index in [0.29, 0.717) is 11.6 Å². The molecule has 0 spiro atoms. The van der Waals surface area contributed by atoms with Crippen molar-refractivity contribution in [1.82, 2.24) is 10.3 Å². The Morgan fingerprint density at radius 2 is 2.05 bits per heavy atom. The first-order valence-electron chi connectivity index (χ1n) is 6.91. The van der Waals surface area contributed by atoms with Crippen LogP contribution in [0.25, 0.3) is 0 Å². The minimum absolute atomic E-state index is 0.0550. The van der Waals surface area contributed by atoms with Gasteiger partial charge in [-0.25, -0.2) is 0 Å². The van der Waals surface area contributed by atoms with Crippen LogP contribution in [-0.2, 0) is 0 Å². The minimum Gasteiger partial charge on any atom is -0.354 e. The van der Waals surface area contributed by atoms with E-state index < -0.39 is 0 Å². The monoisotopic (exact) mass is 345 g/mol. The zero-order valence-corrected chi connectivity index (χ0v) is 13.3. The third-order valence-corrected chi connectivity index (χ3v) is 4.25. The molecule has 4 nitrogen and oxygen atoms in total. The number of anilines is 2. The van der Waals surface area contributed by atoms with Gasteiger partial charge in [0, 0.05) is 22.4 Å². The van der Waals surface area contributed by atoms with Gasteiger partial charge in [-0.2, -0.15) is 0 Å². The molecule has 0 saturated heterocycles. The Balaban J connectivity index is 1.75. The second kappa shape index (κ2) is 5.85. The van der Waals surface area contributed by atoms with Gasteiger partial charge in [0.05, 0.1) is 17.4 Å². The van der Waals surface area contributed by atoms with E-state index >= 15 is 0 Å². The van der Waals surface area contributed by atoms with Gasteiger partial charge in [0.2, 0.25) is 0 Å². The summed E-state index contributed by atoms with van der Waals surface area (Å²) in [6.45, 7) is 2.03. The molecule has 2 aromatic rings. The number of amides is 1. The number of pyridine rings is 1. The van der Waals surface area contributed by atoms with Crippen LogP contribution in [-0.4, -0.2) is 16.9 Å². The van der Waals surface area contributed by atoms with Crippen LogP contribution < -0.4 is 10.6 Å². The molecule has 0 radical (unpaired) electrons. The number of aryl methyl sites for hydroxylation is 1. The molecule has 1 amide bonds. The van der Waals surface area contributed by atoms with Crippen molar-refractivity contribution in [2.45, 2.75) is 25.8 Å². The topological polar surface area (TPSA) is 54.0 Å². The molecule has 1 aliphatic carbocycles. The normalized spacial score (nSPS) is 13.8. The molecule has 1 aromatic carbocycles. The molecule has 0 bridgehead atoms. The van der Waals surface area contributed by atoms with Crippen molar-refractivity contribution >= 4 is 33.2 Å². The largest absolute Gasteiger partial charge is 0.354 e. The molecule has 1 fully saturated rings. The van der Waals surface area contributed by atoms with Crippen LogP contribution in [0.5, 0.6) is 0 Å². The number of halogens is 1. The van der Waals surface area contributed by atoms with Gasteiger partial charge < -0.3 is 10.6 Å². The number of carbonyl (C=O) groups is 1. The molecule has 0 unspecified atom stereocenters. The summed E-state index contributed by atoms with van der Waals surface area (Å²) in [6, 6.07) is 8.19. The summed E-state index contributed by atoms with van der Waals surface area (Å²) in [6.07, 6.45) is 5.46. The average Bonchev–Trinajstić information content (AvgIpc) is 3.27. The zero-order valence-electron chi connectivity index (χ0n) is 11.7. The quantitative estimate of drug-likeness (QED) is 0.886. The molecular weight excluding hydrogens is 330 g/mol. The van der Waals surface area contributed by atoms with E-state index in [1.165, 1.54) is 0 Å². The smallest absolute Gasteiger partial charge is 0.253 e. The minimum atomic E-state index is -0.0550. The van der Waals surface area contributed by atoms with Crippen molar-refractivity contribution in [3.05, 3.63) is 52.3 Å². The van der Waals surface area contributed by atoms with Crippen LogP contribution in [0.15, 0.2) is 41.1 Å². The second-order valence-corrected chi connectivity index (χ2v) is 6.15. The molecule has 3 rings (SSSR count). The van der Waals surface area contributed by atoms with Crippen molar-refractivity contribution in [2.75, 3.05) is 5.32 Å². The summed E-state index contributed by atoms with van der Waals surface area (Å²) in [7, 11) is 0. The Morgan fingerprint density at radius 3 is 2.76 bits per heavy atom. The van der Waals surface area contributed by atoms with Crippen LogP contribution in [0.4, 0.5) is 11.4 Å². The lowest BCUT2D eigenvalue weighted by molar-refractivity contribution is 0.0951. The molecule has 0 atom stereocenters. The fraction of sp³-hybridized carbons (Fsp3) is 0.250. The molecule has 1 aliphatic rings. The second-order valence-electron chi connectivity index (χ2n) is 5.30. The standard InChI is InChI=1S/C16H16BrN3O/c1-10-6-13(4-5-15(10)17)19-14-7-11(8-18-9-14)16(21)20-12-2-3-12/h4-9,12,19H,2-3H2,1H3,(H,20,21). The maximum Gasteiger partial charge on any atom is 0.253 e. The molecule has 21 heavy (non-hydrogen) atoms. The molecular formula is C16H16BrN3O. The van der Waals surface area contributed by atoms with Crippen LogP contribution in [0.1, 0.15) is 28.8 Å². The van der Waals surface area contributed by atoms with Crippen LogP contribution in [0, 0.1) is 6.92 Å². The highest BCUT2D eigenvalue weighted by molar-refractivity contribution is 9.10. The van der Waals surface area contributed by atoms with Crippen LogP contribution in [0.3, 0.4) is 0 Å². The van der Waals surface area contributed by atoms with Gasteiger partial charge in [0.25, 0.3) is 5.91 Å². The zero-order chi connectivity index (χ0) is 14.8. The lowest BCUT2D eigenvalue weighted by Gasteiger charge is -2.09. The Hall–Kier alpha value is -1.88.